The minimum Gasteiger partial charge on any atom is -0.366 e. The molecule has 0 atom stereocenters. The summed E-state index contributed by atoms with van der Waals surface area (Å²) < 4.78 is 25.1. The van der Waals surface area contributed by atoms with Gasteiger partial charge in [0.05, 0.1) is 29.2 Å². The number of rotatable bonds is 4. The van der Waals surface area contributed by atoms with Crippen molar-refractivity contribution in [2.75, 3.05) is 11.0 Å². The smallest absolute Gasteiger partial charge is 0.250 e. The van der Waals surface area contributed by atoms with Crippen LogP contribution in [0.3, 0.4) is 0 Å². The number of primary amides is 1. The van der Waals surface area contributed by atoms with Crippen LogP contribution in [0.15, 0.2) is 48.7 Å². The first-order chi connectivity index (χ1) is 11.3. The summed E-state index contributed by atoms with van der Waals surface area (Å²) in [6.45, 7) is 0. The summed E-state index contributed by atoms with van der Waals surface area (Å²) in [6, 6.07) is 11.8. The van der Waals surface area contributed by atoms with E-state index in [-0.39, 0.29) is 5.56 Å². The van der Waals surface area contributed by atoms with Crippen molar-refractivity contribution in [1.29, 1.82) is 0 Å². The largest absolute Gasteiger partial charge is 0.366 e. The van der Waals surface area contributed by atoms with Crippen LogP contribution >= 0.6 is 0 Å². The van der Waals surface area contributed by atoms with Crippen LogP contribution in [0.25, 0.3) is 22.3 Å². The third-order valence-electron chi connectivity index (χ3n) is 3.30. The van der Waals surface area contributed by atoms with E-state index in [2.05, 4.69) is 14.7 Å². The Bertz CT molecular complexity index is 1050. The summed E-state index contributed by atoms with van der Waals surface area (Å²) in [6.07, 6.45) is 2.64. The minimum absolute atomic E-state index is 0.285. The number of nitrogens with two attached hydrogens (primary N) is 1. The van der Waals surface area contributed by atoms with Crippen LogP contribution in [0.2, 0.25) is 0 Å². The molecule has 3 rings (SSSR count). The van der Waals surface area contributed by atoms with Gasteiger partial charge in [-0.2, -0.15) is 0 Å². The number of nitrogens with one attached hydrogen (secondary N) is 1. The fraction of sp³-hybridized carbons (Fsp3) is 0.0625. The van der Waals surface area contributed by atoms with Crippen molar-refractivity contribution >= 4 is 32.7 Å². The molecule has 0 saturated heterocycles. The highest BCUT2D eigenvalue weighted by Crippen LogP contribution is 2.24. The Morgan fingerprint density at radius 1 is 1.17 bits per heavy atom. The van der Waals surface area contributed by atoms with Crippen LogP contribution < -0.4 is 10.5 Å². The van der Waals surface area contributed by atoms with Crippen molar-refractivity contribution in [2.45, 2.75) is 0 Å². The number of aromatic nitrogens is 2. The average molecular weight is 342 g/mol. The normalized spacial score (nSPS) is 11.4. The highest BCUT2D eigenvalue weighted by Gasteiger charge is 2.11. The lowest BCUT2D eigenvalue weighted by atomic mass is 10.1. The maximum absolute atomic E-state index is 11.6. The Morgan fingerprint density at radius 3 is 2.62 bits per heavy atom. The lowest BCUT2D eigenvalue weighted by Gasteiger charge is -2.08. The van der Waals surface area contributed by atoms with Crippen molar-refractivity contribution < 1.29 is 13.2 Å². The van der Waals surface area contributed by atoms with Crippen LogP contribution in [0, 0.1) is 0 Å². The molecule has 3 aromatic rings. The predicted molar refractivity (Wildman–Crippen MR) is 92.0 cm³/mol. The summed E-state index contributed by atoms with van der Waals surface area (Å²) in [5.74, 6) is -0.584. The van der Waals surface area contributed by atoms with Gasteiger partial charge in [0.15, 0.2) is 0 Å². The Hall–Kier alpha value is -3.00. The number of fused-ring (bicyclic) bond motifs is 1. The quantitative estimate of drug-likeness (QED) is 0.750. The van der Waals surface area contributed by atoms with Gasteiger partial charge in [0, 0.05) is 11.3 Å². The van der Waals surface area contributed by atoms with Gasteiger partial charge in [0.1, 0.15) is 5.52 Å². The fourth-order valence-electron chi connectivity index (χ4n) is 2.33. The minimum atomic E-state index is -3.38. The molecule has 0 spiro atoms. The maximum atomic E-state index is 11.6. The number of anilines is 1. The Balaban J connectivity index is 2.11. The molecule has 3 N–H and O–H groups in total. The molecule has 0 aliphatic rings. The SMILES string of the molecule is CS(=O)(=O)Nc1cccc(-c2cnc3cccc(C(N)=O)c3n2)c1. The molecule has 24 heavy (non-hydrogen) atoms. The Kier molecular flexibility index (Phi) is 3.90. The summed E-state index contributed by atoms with van der Waals surface area (Å²) in [5, 5.41) is 0. The third kappa shape index (κ3) is 3.33. The zero-order valence-electron chi connectivity index (χ0n) is 12.7. The van der Waals surface area contributed by atoms with Gasteiger partial charge < -0.3 is 5.73 Å². The van der Waals surface area contributed by atoms with Crippen molar-refractivity contribution in [3.63, 3.8) is 0 Å². The Labute approximate surface area is 138 Å². The number of carbonyl (C=O) groups is 1. The van der Waals surface area contributed by atoms with E-state index in [1.54, 1.807) is 48.7 Å². The fourth-order valence-corrected chi connectivity index (χ4v) is 2.88. The van der Waals surface area contributed by atoms with Crippen LogP contribution in [0.4, 0.5) is 5.69 Å². The van der Waals surface area contributed by atoms with Crippen molar-refractivity contribution in [2.24, 2.45) is 5.73 Å². The van der Waals surface area contributed by atoms with E-state index < -0.39 is 15.9 Å². The lowest BCUT2D eigenvalue weighted by Crippen LogP contribution is -2.12. The lowest BCUT2D eigenvalue weighted by molar-refractivity contribution is 0.100. The number of benzene rings is 2. The molecule has 0 aliphatic heterocycles. The van der Waals surface area contributed by atoms with E-state index in [0.717, 1.165) is 6.26 Å². The second kappa shape index (κ2) is 5.89. The second-order valence-corrected chi connectivity index (χ2v) is 7.00. The van der Waals surface area contributed by atoms with Crippen LogP contribution in [-0.2, 0) is 10.0 Å². The highest BCUT2D eigenvalue weighted by molar-refractivity contribution is 7.92. The topological polar surface area (TPSA) is 115 Å². The van der Waals surface area contributed by atoms with E-state index >= 15 is 0 Å². The number of hydrogen-bond acceptors (Lipinski definition) is 5. The van der Waals surface area contributed by atoms with Gasteiger partial charge in [-0.15, -0.1) is 0 Å². The number of sulfonamides is 1. The number of para-hydroxylation sites is 1. The van der Waals surface area contributed by atoms with Gasteiger partial charge in [-0.3, -0.25) is 14.5 Å². The summed E-state index contributed by atoms with van der Waals surface area (Å²) in [7, 11) is -3.38. The van der Waals surface area contributed by atoms with Crippen LogP contribution in [-0.4, -0.2) is 30.5 Å². The summed E-state index contributed by atoms with van der Waals surface area (Å²) in [4.78, 5) is 20.3. The molecular formula is C16H14N4O3S. The summed E-state index contributed by atoms with van der Waals surface area (Å²) >= 11 is 0. The number of hydrogen-bond donors (Lipinski definition) is 2. The molecule has 1 aromatic heterocycles. The van der Waals surface area contributed by atoms with Crippen LogP contribution in [0.5, 0.6) is 0 Å². The maximum Gasteiger partial charge on any atom is 0.250 e. The van der Waals surface area contributed by atoms with E-state index in [1.807, 2.05) is 0 Å². The molecule has 1 heterocycles. The molecule has 0 fully saturated rings. The van der Waals surface area contributed by atoms with Crippen LogP contribution in [0.1, 0.15) is 10.4 Å². The standard InChI is InChI=1S/C16H14N4O3S/c1-24(22,23)20-11-5-2-4-10(8-11)14-9-18-13-7-3-6-12(16(17)21)15(13)19-14/h2-9,20H,1H3,(H2,17,21). The molecule has 0 unspecified atom stereocenters. The molecule has 0 bridgehead atoms. The highest BCUT2D eigenvalue weighted by atomic mass is 32.2. The van der Waals surface area contributed by atoms with Gasteiger partial charge in [-0.05, 0) is 24.3 Å². The second-order valence-electron chi connectivity index (χ2n) is 5.25. The Morgan fingerprint density at radius 2 is 1.92 bits per heavy atom. The van der Waals surface area contributed by atoms with E-state index in [9.17, 15) is 13.2 Å². The monoisotopic (exact) mass is 342 g/mol. The molecule has 7 nitrogen and oxygen atoms in total. The van der Waals surface area contributed by atoms with E-state index in [0.29, 0.717) is 28.0 Å². The molecule has 1 amide bonds. The number of amides is 1. The van der Waals surface area contributed by atoms with Gasteiger partial charge in [-0.25, -0.2) is 13.4 Å². The van der Waals surface area contributed by atoms with E-state index in [1.165, 1.54) is 0 Å². The molecule has 0 radical (unpaired) electrons. The first kappa shape index (κ1) is 15.9. The van der Waals surface area contributed by atoms with Crippen molar-refractivity contribution in [3.8, 4) is 11.3 Å². The van der Waals surface area contributed by atoms with Gasteiger partial charge in [0.25, 0.3) is 5.91 Å². The molecule has 8 heteroatoms. The molecule has 0 saturated carbocycles. The molecule has 2 aromatic carbocycles. The number of carbonyl (C=O) groups excluding carboxylic acids is 1. The first-order valence-electron chi connectivity index (χ1n) is 6.97. The summed E-state index contributed by atoms with van der Waals surface area (Å²) in [5.41, 5.74) is 8.21. The molecule has 0 aliphatic carbocycles. The van der Waals surface area contributed by atoms with Gasteiger partial charge >= 0.3 is 0 Å². The zero-order chi connectivity index (χ0) is 17.3. The number of nitrogens with zero attached hydrogens (tertiary/aromatic N) is 2. The first-order valence-corrected chi connectivity index (χ1v) is 8.86. The van der Waals surface area contributed by atoms with Crippen molar-refractivity contribution in [3.05, 3.63) is 54.2 Å². The van der Waals surface area contributed by atoms with Crippen molar-refractivity contribution in [1.82, 2.24) is 9.97 Å². The third-order valence-corrected chi connectivity index (χ3v) is 3.91. The van der Waals surface area contributed by atoms with Gasteiger partial charge in [0.2, 0.25) is 10.0 Å². The zero-order valence-corrected chi connectivity index (χ0v) is 13.5. The predicted octanol–water partition coefficient (Wildman–Crippen LogP) is 1.77. The average Bonchev–Trinajstić information content (AvgIpc) is 2.52. The molecular weight excluding hydrogens is 328 g/mol. The van der Waals surface area contributed by atoms with Gasteiger partial charge in [-0.1, -0.05) is 18.2 Å². The van der Waals surface area contributed by atoms with E-state index in [4.69, 9.17) is 5.73 Å². The molecule has 122 valence electrons.